The van der Waals surface area contributed by atoms with Gasteiger partial charge < -0.3 is 19.6 Å². The van der Waals surface area contributed by atoms with Crippen LogP contribution in [0.5, 0.6) is 0 Å². The minimum Gasteiger partial charge on any atom is -0.481 e. The van der Waals surface area contributed by atoms with Crippen LogP contribution in [0.25, 0.3) is 11.0 Å². The van der Waals surface area contributed by atoms with E-state index in [1.807, 2.05) is 30.3 Å². The molecule has 2 N–H and O–H groups in total. The Labute approximate surface area is 133 Å². The van der Waals surface area contributed by atoms with Gasteiger partial charge in [0.1, 0.15) is 11.3 Å². The first-order chi connectivity index (χ1) is 11.0. The van der Waals surface area contributed by atoms with E-state index in [1.54, 1.807) is 6.92 Å². The van der Waals surface area contributed by atoms with Crippen LogP contribution in [0.2, 0.25) is 0 Å². The van der Waals surface area contributed by atoms with E-state index in [4.69, 9.17) is 14.3 Å². The third-order valence-corrected chi connectivity index (χ3v) is 4.25. The van der Waals surface area contributed by atoms with Gasteiger partial charge in [-0.05, 0) is 25.5 Å². The van der Waals surface area contributed by atoms with Crippen molar-refractivity contribution in [1.29, 1.82) is 0 Å². The predicted molar refractivity (Wildman–Crippen MR) is 83.2 cm³/mol. The second-order valence-corrected chi connectivity index (χ2v) is 6.05. The first-order valence-electron chi connectivity index (χ1n) is 7.59. The van der Waals surface area contributed by atoms with Crippen LogP contribution in [0.1, 0.15) is 31.4 Å². The summed E-state index contributed by atoms with van der Waals surface area (Å²) in [5.41, 5.74) is -0.102. The molecule has 1 aliphatic heterocycles. The van der Waals surface area contributed by atoms with Gasteiger partial charge in [0.05, 0.1) is 24.5 Å². The summed E-state index contributed by atoms with van der Waals surface area (Å²) in [6.07, 6.45) is 0.351. The smallest absolute Gasteiger partial charge is 0.305 e. The van der Waals surface area contributed by atoms with E-state index in [-0.39, 0.29) is 18.9 Å². The van der Waals surface area contributed by atoms with Gasteiger partial charge in [-0.15, -0.1) is 0 Å². The Kier molecular flexibility index (Phi) is 4.09. The number of benzene rings is 1. The molecule has 0 saturated carbocycles. The highest BCUT2D eigenvalue weighted by atomic mass is 16.5. The highest BCUT2D eigenvalue weighted by molar-refractivity contribution is 5.86. The van der Waals surface area contributed by atoms with Gasteiger partial charge in [-0.1, -0.05) is 18.2 Å². The molecule has 1 aromatic carbocycles. The van der Waals surface area contributed by atoms with Crippen molar-refractivity contribution < 1.29 is 23.8 Å². The summed E-state index contributed by atoms with van der Waals surface area (Å²) >= 11 is 0. The molecule has 0 bridgehead atoms. The van der Waals surface area contributed by atoms with E-state index in [0.29, 0.717) is 18.8 Å². The molecule has 122 valence electrons. The maximum atomic E-state index is 12.5. The molecular formula is C17H19NO5. The minimum atomic E-state index is -0.952. The first kappa shape index (κ1) is 15.6. The van der Waals surface area contributed by atoms with Gasteiger partial charge in [-0.2, -0.15) is 0 Å². The molecule has 1 amide bonds. The average molecular weight is 317 g/mol. The third-order valence-electron chi connectivity index (χ3n) is 4.25. The molecule has 6 heteroatoms. The first-order valence-corrected chi connectivity index (χ1v) is 7.59. The Morgan fingerprint density at radius 1 is 1.39 bits per heavy atom. The maximum absolute atomic E-state index is 12.5. The van der Waals surface area contributed by atoms with Gasteiger partial charge >= 0.3 is 5.97 Å². The molecule has 1 saturated heterocycles. The van der Waals surface area contributed by atoms with Gasteiger partial charge in [0, 0.05) is 12.0 Å². The number of nitrogens with one attached hydrogen (secondary N) is 1. The lowest BCUT2D eigenvalue weighted by Crippen LogP contribution is -2.51. The number of hydrogen-bond donors (Lipinski definition) is 2. The van der Waals surface area contributed by atoms with Crippen LogP contribution in [-0.2, 0) is 14.3 Å². The SMILES string of the molecule is CC(C(=O)NC1(CC(=O)O)CCOC1)c1cc2ccccc2o1. The number of ether oxygens (including phenoxy) is 1. The summed E-state index contributed by atoms with van der Waals surface area (Å²) in [4.78, 5) is 23.6. The lowest BCUT2D eigenvalue weighted by Gasteiger charge is -2.28. The summed E-state index contributed by atoms with van der Waals surface area (Å²) < 4.78 is 11.0. The fourth-order valence-corrected chi connectivity index (χ4v) is 2.89. The number of furan rings is 1. The van der Waals surface area contributed by atoms with Crippen LogP contribution in [0.4, 0.5) is 0 Å². The lowest BCUT2D eigenvalue weighted by atomic mass is 9.93. The fourth-order valence-electron chi connectivity index (χ4n) is 2.89. The molecule has 3 rings (SSSR count). The molecule has 0 radical (unpaired) electrons. The standard InChI is InChI=1S/C17H19NO5/c1-11(14-8-12-4-2-3-5-13(12)23-14)16(21)18-17(9-15(19)20)6-7-22-10-17/h2-5,8,11H,6-7,9-10H2,1H3,(H,18,21)(H,19,20). The van der Waals surface area contributed by atoms with E-state index in [9.17, 15) is 9.59 Å². The van der Waals surface area contributed by atoms with Crippen LogP contribution in [0.3, 0.4) is 0 Å². The molecule has 2 aromatic rings. The number of carbonyl (C=O) groups excluding carboxylic acids is 1. The molecular weight excluding hydrogens is 298 g/mol. The number of rotatable bonds is 5. The van der Waals surface area contributed by atoms with E-state index >= 15 is 0 Å². The van der Waals surface area contributed by atoms with Gasteiger partial charge in [0.15, 0.2) is 0 Å². The Bertz CT molecular complexity index is 696. The predicted octanol–water partition coefficient (Wildman–Crippen LogP) is 2.29. The number of amides is 1. The van der Waals surface area contributed by atoms with Crippen molar-refractivity contribution in [3.8, 4) is 0 Å². The lowest BCUT2D eigenvalue weighted by molar-refractivity contribution is -0.139. The van der Waals surface area contributed by atoms with Crippen molar-refractivity contribution in [1.82, 2.24) is 5.32 Å². The van der Waals surface area contributed by atoms with Crippen LogP contribution in [0.15, 0.2) is 34.7 Å². The van der Waals surface area contributed by atoms with Gasteiger partial charge in [-0.3, -0.25) is 9.59 Å². The monoisotopic (exact) mass is 317 g/mol. The summed E-state index contributed by atoms with van der Waals surface area (Å²) in [6, 6.07) is 9.39. The van der Waals surface area contributed by atoms with Gasteiger partial charge in [0.2, 0.25) is 5.91 Å². The average Bonchev–Trinajstić information content (AvgIpc) is 3.12. The van der Waals surface area contributed by atoms with Crippen molar-refractivity contribution in [2.45, 2.75) is 31.2 Å². The van der Waals surface area contributed by atoms with Crippen molar-refractivity contribution in [3.05, 3.63) is 36.1 Å². The van der Waals surface area contributed by atoms with Crippen molar-refractivity contribution in [2.24, 2.45) is 0 Å². The molecule has 1 fully saturated rings. The van der Waals surface area contributed by atoms with Crippen LogP contribution >= 0.6 is 0 Å². The summed E-state index contributed by atoms with van der Waals surface area (Å²) in [7, 11) is 0. The van der Waals surface area contributed by atoms with Crippen molar-refractivity contribution in [2.75, 3.05) is 13.2 Å². The van der Waals surface area contributed by atoms with E-state index in [2.05, 4.69) is 5.32 Å². The van der Waals surface area contributed by atoms with Crippen LogP contribution in [0, 0.1) is 0 Å². The maximum Gasteiger partial charge on any atom is 0.305 e. The van der Waals surface area contributed by atoms with Crippen molar-refractivity contribution in [3.63, 3.8) is 0 Å². The van der Waals surface area contributed by atoms with Gasteiger partial charge in [-0.25, -0.2) is 0 Å². The molecule has 1 aromatic heterocycles. The number of hydrogen-bond acceptors (Lipinski definition) is 4. The Morgan fingerprint density at radius 2 is 2.17 bits per heavy atom. The zero-order chi connectivity index (χ0) is 16.4. The summed E-state index contributed by atoms with van der Waals surface area (Å²) in [6.45, 7) is 2.42. The third kappa shape index (κ3) is 3.22. The molecule has 2 heterocycles. The topological polar surface area (TPSA) is 88.8 Å². The molecule has 6 nitrogen and oxygen atoms in total. The second kappa shape index (κ2) is 6.04. The number of para-hydroxylation sites is 1. The zero-order valence-corrected chi connectivity index (χ0v) is 12.9. The number of aliphatic carboxylic acids is 1. The van der Waals surface area contributed by atoms with Gasteiger partial charge in [0.25, 0.3) is 0 Å². The largest absolute Gasteiger partial charge is 0.481 e. The van der Waals surface area contributed by atoms with Crippen LogP contribution < -0.4 is 5.32 Å². The van der Waals surface area contributed by atoms with E-state index < -0.39 is 17.4 Å². The van der Waals surface area contributed by atoms with E-state index in [1.165, 1.54) is 0 Å². The summed E-state index contributed by atoms with van der Waals surface area (Å²) in [5.74, 6) is -1.15. The number of carboxylic acid groups (broad SMARTS) is 1. The summed E-state index contributed by atoms with van der Waals surface area (Å²) in [5, 5.41) is 12.9. The van der Waals surface area contributed by atoms with Crippen LogP contribution in [-0.4, -0.2) is 35.7 Å². The molecule has 2 atom stereocenters. The highest BCUT2D eigenvalue weighted by Gasteiger charge is 2.39. The molecule has 0 spiro atoms. The minimum absolute atomic E-state index is 0.147. The Balaban J connectivity index is 1.77. The Hall–Kier alpha value is -2.34. The zero-order valence-electron chi connectivity index (χ0n) is 12.9. The Morgan fingerprint density at radius 3 is 2.83 bits per heavy atom. The number of carbonyl (C=O) groups is 2. The molecule has 0 aliphatic carbocycles. The quantitative estimate of drug-likeness (QED) is 0.883. The van der Waals surface area contributed by atoms with E-state index in [0.717, 1.165) is 11.0 Å². The highest BCUT2D eigenvalue weighted by Crippen LogP contribution is 2.28. The molecule has 2 unspecified atom stereocenters. The molecule has 23 heavy (non-hydrogen) atoms. The molecule has 1 aliphatic rings. The number of fused-ring (bicyclic) bond motifs is 1. The van der Waals surface area contributed by atoms with Crippen molar-refractivity contribution >= 4 is 22.8 Å². The second-order valence-electron chi connectivity index (χ2n) is 6.05. The fraction of sp³-hybridized carbons (Fsp3) is 0.412. The normalized spacial score (nSPS) is 22.1. The number of carboxylic acids is 1.